The predicted octanol–water partition coefficient (Wildman–Crippen LogP) is 3.54. The van der Waals surface area contributed by atoms with Crippen LogP contribution in [0, 0.1) is 5.82 Å². The van der Waals surface area contributed by atoms with Crippen molar-refractivity contribution in [2.24, 2.45) is 0 Å². The summed E-state index contributed by atoms with van der Waals surface area (Å²) in [6.07, 6.45) is 2.10. The number of halogens is 1. The lowest BCUT2D eigenvalue weighted by Crippen LogP contribution is -2.48. The van der Waals surface area contributed by atoms with Crippen molar-refractivity contribution in [3.8, 4) is 0 Å². The molecule has 1 atom stereocenters. The van der Waals surface area contributed by atoms with E-state index in [0.29, 0.717) is 23.2 Å². The lowest BCUT2D eigenvalue weighted by atomic mass is 10.1. The molecular weight excluding hydrogens is 437 g/mol. The molecule has 0 aliphatic carbocycles. The molecule has 0 radical (unpaired) electrons. The average molecular weight is 468 g/mol. The van der Waals surface area contributed by atoms with E-state index in [1.54, 1.807) is 43.3 Å². The average Bonchev–Trinajstić information content (AvgIpc) is 3.08. The second-order valence-corrected chi connectivity index (χ2v) is 8.38. The number of nitrogens with zero attached hydrogens (tertiary/aromatic N) is 2. The molecule has 180 valence electrons. The first-order valence-electron chi connectivity index (χ1n) is 11.6. The Kier molecular flexibility index (Phi) is 8.51. The van der Waals surface area contributed by atoms with E-state index in [1.165, 1.54) is 17.0 Å². The van der Waals surface area contributed by atoms with E-state index in [-0.39, 0.29) is 55.4 Å². The van der Waals surface area contributed by atoms with Gasteiger partial charge in [-0.1, -0.05) is 37.6 Å². The monoisotopic (exact) mass is 467 g/mol. The molecule has 2 aromatic carbocycles. The van der Waals surface area contributed by atoms with Gasteiger partial charge in [-0.25, -0.2) is 4.39 Å². The largest absolute Gasteiger partial charge is 0.354 e. The Balaban J connectivity index is 1.64. The zero-order valence-corrected chi connectivity index (χ0v) is 19.6. The van der Waals surface area contributed by atoms with Gasteiger partial charge in [0, 0.05) is 26.1 Å². The van der Waals surface area contributed by atoms with Crippen LogP contribution in [0.1, 0.15) is 65.8 Å². The molecule has 1 heterocycles. The second-order valence-electron chi connectivity index (χ2n) is 8.38. The molecule has 2 aromatic rings. The number of hydrogen-bond donors (Lipinski definition) is 1. The number of nitrogens with one attached hydrogen (secondary N) is 1. The van der Waals surface area contributed by atoms with Gasteiger partial charge in [0.25, 0.3) is 11.8 Å². The Morgan fingerprint density at radius 3 is 2.21 bits per heavy atom. The number of rotatable bonds is 11. The molecule has 0 fully saturated rings. The molecule has 0 spiro atoms. The summed E-state index contributed by atoms with van der Waals surface area (Å²) < 4.78 is 13.3. The van der Waals surface area contributed by atoms with Crippen LogP contribution in [-0.2, 0) is 16.1 Å². The molecule has 7 nitrogen and oxygen atoms in total. The zero-order valence-electron chi connectivity index (χ0n) is 19.6. The van der Waals surface area contributed by atoms with Crippen LogP contribution in [0.2, 0.25) is 0 Å². The van der Waals surface area contributed by atoms with E-state index in [4.69, 9.17) is 0 Å². The first kappa shape index (κ1) is 25.1. The van der Waals surface area contributed by atoms with Gasteiger partial charge in [0.05, 0.1) is 11.1 Å². The molecule has 0 aromatic heterocycles. The minimum atomic E-state index is -0.728. The lowest BCUT2D eigenvalue weighted by Gasteiger charge is -2.29. The summed E-state index contributed by atoms with van der Waals surface area (Å²) in [5.74, 6) is -1.64. The zero-order chi connectivity index (χ0) is 24.7. The van der Waals surface area contributed by atoms with Gasteiger partial charge in [-0.2, -0.15) is 0 Å². The fourth-order valence-electron chi connectivity index (χ4n) is 3.88. The fourth-order valence-corrected chi connectivity index (χ4v) is 3.88. The smallest absolute Gasteiger partial charge is 0.261 e. The quantitative estimate of drug-likeness (QED) is 0.405. The molecular formula is C26H30FN3O4. The van der Waals surface area contributed by atoms with Crippen molar-refractivity contribution in [3.63, 3.8) is 0 Å². The van der Waals surface area contributed by atoms with Crippen LogP contribution in [0.25, 0.3) is 0 Å². The topological polar surface area (TPSA) is 86.8 Å². The van der Waals surface area contributed by atoms with Gasteiger partial charge < -0.3 is 10.2 Å². The number of imide groups is 1. The molecule has 1 aliphatic rings. The van der Waals surface area contributed by atoms with E-state index in [1.807, 2.05) is 6.92 Å². The molecule has 3 rings (SSSR count). The van der Waals surface area contributed by atoms with Crippen molar-refractivity contribution in [1.29, 1.82) is 0 Å². The second kappa shape index (κ2) is 11.5. The highest BCUT2D eigenvalue weighted by Gasteiger charge is 2.35. The molecule has 8 heteroatoms. The first-order chi connectivity index (χ1) is 16.3. The van der Waals surface area contributed by atoms with Gasteiger partial charge in [-0.3, -0.25) is 24.1 Å². The summed E-state index contributed by atoms with van der Waals surface area (Å²) in [4.78, 5) is 53.4. The van der Waals surface area contributed by atoms with E-state index < -0.39 is 6.04 Å². The number of unbranched alkanes of at least 4 members (excludes halogenated alkanes) is 1. The SMILES string of the molecule is CCCCNC(=O)C(C)N(Cc1ccc(F)cc1)C(=O)CCCN1C(=O)c2ccccc2C1=O. The number of carbonyl (C=O) groups excluding carboxylic acids is 4. The highest BCUT2D eigenvalue weighted by Crippen LogP contribution is 2.23. The van der Waals surface area contributed by atoms with Crippen molar-refractivity contribution in [2.75, 3.05) is 13.1 Å². The van der Waals surface area contributed by atoms with Gasteiger partial charge >= 0.3 is 0 Å². The van der Waals surface area contributed by atoms with Gasteiger partial charge in [0.15, 0.2) is 0 Å². The lowest BCUT2D eigenvalue weighted by molar-refractivity contribution is -0.140. The standard InChI is InChI=1S/C26H30FN3O4/c1-3-4-15-28-24(32)18(2)30(17-19-11-13-20(27)14-12-19)23(31)10-7-16-29-25(33)21-8-5-6-9-22(21)26(29)34/h5-6,8-9,11-14,18H,3-4,7,10,15-17H2,1-2H3,(H,28,32). The maximum Gasteiger partial charge on any atom is 0.261 e. The van der Waals surface area contributed by atoms with E-state index >= 15 is 0 Å². The van der Waals surface area contributed by atoms with Crippen LogP contribution < -0.4 is 5.32 Å². The summed E-state index contributed by atoms with van der Waals surface area (Å²) in [5, 5.41) is 2.85. The van der Waals surface area contributed by atoms with Crippen molar-refractivity contribution >= 4 is 23.6 Å². The Morgan fingerprint density at radius 2 is 1.62 bits per heavy atom. The highest BCUT2D eigenvalue weighted by molar-refractivity contribution is 6.21. The van der Waals surface area contributed by atoms with Gasteiger partial charge in [-0.05, 0) is 49.6 Å². The summed E-state index contributed by atoms with van der Waals surface area (Å²) >= 11 is 0. The van der Waals surface area contributed by atoms with Crippen LogP contribution in [0.4, 0.5) is 4.39 Å². The van der Waals surface area contributed by atoms with Crippen molar-refractivity contribution in [1.82, 2.24) is 15.1 Å². The molecule has 1 unspecified atom stereocenters. The van der Waals surface area contributed by atoms with Crippen molar-refractivity contribution in [2.45, 2.75) is 52.1 Å². The minimum absolute atomic E-state index is 0.0567. The van der Waals surface area contributed by atoms with Gasteiger partial charge in [-0.15, -0.1) is 0 Å². The Hall–Kier alpha value is -3.55. The van der Waals surface area contributed by atoms with E-state index in [9.17, 15) is 23.6 Å². The predicted molar refractivity (Wildman–Crippen MR) is 125 cm³/mol. The number of benzene rings is 2. The summed E-state index contributed by atoms with van der Waals surface area (Å²) in [6, 6.07) is 11.7. The van der Waals surface area contributed by atoms with Crippen LogP contribution in [0.5, 0.6) is 0 Å². The molecule has 34 heavy (non-hydrogen) atoms. The minimum Gasteiger partial charge on any atom is -0.354 e. The van der Waals surface area contributed by atoms with Crippen LogP contribution in [0.15, 0.2) is 48.5 Å². The number of amides is 4. The summed E-state index contributed by atoms with van der Waals surface area (Å²) in [7, 11) is 0. The Bertz CT molecular complexity index is 1020. The third kappa shape index (κ3) is 5.87. The van der Waals surface area contributed by atoms with Crippen LogP contribution >= 0.6 is 0 Å². The molecule has 1 N–H and O–H groups in total. The van der Waals surface area contributed by atoms with E-state index in [2.05, 4.69) is 5.32 Å². The maximum absolute atomic E-state index is 13.3. The fraction of sp³-hybridized carbons (Fsp3) is 0.385. The van der Waals surface area contributed by atoms with Gasteiger partial charge in [0.2, 0.25) is 11.8 Å². The third-order valence-corrected chi connectivity index (χ3v) is 5.91. The van der Waals surface area contributed by atoms with Crippen molar-refractivity contribution in [3.05, 3.63) is 71.0 Å². The van der Waals surface area contributed by atoms with Crippen molar-refractivity contribution < 1.29 is 23.6 Å². The van der Waals surface area contributed by atoms with Gasteiger partial charge in [0.1, 0.15) is 11.9 Å². The normalized spacial score (nSPS) is 13.6. The van der Waals surface area contributed by atoms with Crippen LogP contribution in [0.3, 0.4) is 0 Å². The van der Waals surface area contributed by atoms with Crippen LogP contribution in [-0.4, -0.2) is 52.6 Å². The number of hydrogen-bond acceptors (Lipinski definition) is 4. The third-order valence-electron chi connectivity index (χ3n) is 5.91. The molecule has 0 saturated heterocycles. The first-order valence-corrected chi connectivity index (χ1v) is 11.6. The Labute approximate surface area is 198 Å². The summed E-state index contributed by atoms with van der Waals surface area (Å²) in [5.41, 5.74) is 1.44. The number of carbonyl (C=O) groups is 4. The molecule has 0 saturated carbocycles. The maximum atomic E-state index is 13.3. The summed E-state index contributed by atoms with van der Waals surface area (Å²) in [6.45, 7) is 4.47. The molecule has 1 aliphatic heterocycles. The molecule has 4 amide bonds. The number of fused-ring (bicyclic) bond motifs is 1. The molecule has 0 bridgehead atoms. The van der Waals surface area contributed by atoms with E-state index in [0.717, 1.165) is 17.7 Å². The Morgan fingerprint density at radius 1 is 1.00 bits per heavy atom. The highest BCUT2D eigenvalue weighted by atomic mass is 19.1.